The third-order valence-corrected chi connectivity index (χ3v) is 4.63. The van der Waals surface area contributed by atoms with Crippen molar-refractivity contribution >= 4 is 5.69 Å². The molecule has 2 aliphatic heterocycles. The molecule has 19 heavy (non-hydrogen) atoms. The molecule has 2 fully saturated rings. The molecule has 2 saturated heterocycles. The molecule has 3 nitrogen and oxygen atoms in total. The average Bonchev–Trinajstić information content (AvgIpc) is 2.64. The fourth-order valence-electron chi connectivity index (χ4n) is 3.58. The van der Waals surface area contributed by atoms with E-state index in [4.69, 9.17) is 4.74 Å². The van der Waals surface area contributed by atoms with Gasteiger partial charge in [0.05, 0.1) is 6.61 Å². The molecule has 2 heterocycles. The summed E-state index contributed by atoms with van der Waals surface area (Å²) in [6.07, 6.45) is 5.31. The number of hydrogen-bond acceptors (Lipinski definition) is 3. The van der Waals surface area contributed by atoms with Gasteiger partial charge in [0.2, 0.25) is 0 Å². The molecule has 1 aromatic carbocycles. The topological polar surface area (TPSA) is 24.5 Å². The first-order valence-electron chi connectivity index (χ1n) is 7.47. The Hall–Kier alpha value is -1.22. The molecule has 3 heteroatoms. The number of piperidine rings is 1. The molecule has 0 aromatic heterocycles. The Labute approximate surface area is 115 Å². The SMILES string of the molecule is CCOc1ccc(NC2CC3CCC(C2)N3C)cc1. The molecule has 0 amide bonds. The van der Waals surface area contributed by atoms with Gasteiger partial charge in [-0.2, -0.15) is 0 Å². The first-order valence-corrected chi connectivity index (χ1v) is 7.47. The molecule has 104 valence electrons. The van der Waals surface area contributed by atoms with Gasteiger partial charge in [-0.15, -0.1) is 0 Å². The molecule has 1 aromatic rings. The van der Waals surface area contributed by atoms with E-state index in [1.54, 1.807) is 0 Å². The number of fused-ring (bicyclic) bond motifs is 2. The lowest BCUT2D eigenvalue weighted by atomic mass is 9.98. The maximum atomic E-state index is 5.47. The Bertz CT molecular complexity index is 403. The summed E-state index contributed by atoms with van der Waals surface area (Å²) in [5, 5.41) is 3.69. The van der Waals surface area contributed by atoms with E-state index in [1.165, 1.54) is 31.4 Å². The van der Waals surface area contributed by atoms with Crippen molar-refractivity contribution in [3.63, 3.8) is 0 Å². The van der Waals surface area contributed by atoms with Crippen LogP contribution >= 0.6 is 0 Å². The van der Waals surface area contributed by atoms with E-state index in [0.717, 1.165) is 24.4 Å². The predicted octanol–water partition coefficient (Wildman–Crippen LogP) is 3.12. The Kier molecular flexibility index (Phi) is 3.65. The van der Waals surface area contributed by atoms with Crippen LogP contribution in [-0.2, 0) is 0 Å². The van der Waals surface area contributed by atoms with E-state index in [2.05, 4.69) is 41.5 Å². The van der Waals surface area contributed by atoms with Crippen LogP contribution < -0.4 is 10.1 Å². The summed E-state index contributed by atoms with van der Waals surface area (Å²) in [4.78, 5) is 2.58. The van der Waals surface area contributed by atoms with Crippen LogP contribution in [0.25, 0.3) is 0 Å². The van der Waals surface area contributed by atoms with Crippen LogP contribution in [0.1, 0.15) is 32.6 Å². The first-order chi connectivity index (χ1) is 9.26. The van der Waals surface area contributed by atoms with Crippen LogP contribution in [0.4, 0.5) is 5.69 Å². The van der Waals surface area contributed by atoms with Gasteiger partial charge in [-0.05, 0) is 63.9 Å². The minimum atomic E-state index is 0.631. The van der Waals surface area contributed by atoms with E-state index in [-0.39, 0.29) is 0 Å². The van der Waals surface area contributed by atoms with Crippen molar-refractivity contribution in [3.05, 3.63) is 24.3 Å². The molecule has 1 N–H and O–H groups in total. The van der Waals surface area contributed by atoms with Crippen molar-refractivity contribution in [1.82, 2.24) is 4.90 Å². The molecular formula is C16H24N2O. The molecule has 2 atom stereocenters. The lowest BCUT2D eigenvalue weighted by Crippen LogP contribution is -2.44. The van der Waals surface area contributed by atoms with Gasteiger partial charge in [-0.1, -0.05) is 0 Å². The fraction of sp³-hybridized carbons (Fsp3) is 0.625. The van der Waals surface area contributed by atoms with Gasteiger partial charge in [0.1, 0.15) is 5.75 Å². The van der Waals surface area contributed by atoms with E-state index < -0.39 is 0 Å². The van der Waals surface area contributed by atoms with E-state index in [1.807, 2.05) is 6.92 Å². The minimum absolute atomic E-state index is 0.631. The van der Waals surface area contributed by atoms with Crippen LogP contribution in [0.5, 0.6) is 5.75 Å². The number of anilines is 1. The van der Waals surface area contributed by atoms with Crippen molar-refractivity contribution in [3.8, 4) is 5.75 Å². The molecule has 2 bridgehead atoms. The van der Waals surface area contributed by atoms with Crippen LogP contribution in [0.2, 0.25) is 0 Å². The molecule has 2 aliphatic rings. The highest BCUT2D eigenvalue weighted by atomic mass is 16.5. The highest BCUT2D eigenvalue weighted by Crippen LogP contribution is 2.35. The quantitative estimate of drug-likeness (QED) is 0.900. The smallest absolute Gasteiger partial charge is 0.119 e. The maximum Gasteiger partial charge on any atom is 0.119 e. The Balaban J connectivity index is 1.59. The maximum absolute atomic E-state index is 5.47. The van der Waals surface area contributed by atoms with Gasteiger partial charge in [0.25, 0.3) is 0 Å². The lowest BCUT2D eigenvalue weighted by molar-refractivity contribution is 0.169. The van der Waals surface area contributed by atoms with Gasteiger partial charge in [-0.3, -0.25) is 0 Å². The Morgan fingerprint density at radius 3 is 2.37 bits per heavy atom. The summed E-state index contributed by atoms with van der Waals surface area (Å²) in [6, 6.07) is 10.6. The second-order valence-electron chi connectivity index (χ2n) is 5.82. The Morgan fingerprint density at radius 1 is 1.16 bits per heavy atom. The number of benzene rings is 1. The zero-order valence-electron chi connectivity index (χ0n) is 11.9. The monoisotopic (exact) mass is 260 g/mol. The van der Waals surface area contributed by atoms with Crippen LogP contribution in [0.15, 0.2) is 24.3 Å². The second kappa shape index (κ2) is 5.41. The summed E-state index contributed by atoms with van der Waals surface area (Å²) < 4.78 is 5.47. The zero-order chi connectivity index (χ0) is 13.2. The van der Waals surface area contributed by atoms with Gasteiger partial charge >= 0.3 is 0 Å². The summed E-state index contributed by atoms with van der Waals surface area (Å²) >= 11 is 0. The minimum Gasteiger partial charge on any atom is -0.494 e. The first kappa shape index (κ1) is 12.8. The van der Waals surface area contributed by atoms with Crippen molar-refractivity contribution in [2.24, 2.45) is 0 Å². The third-order valence-electron chi connectivity index (χ3n) is 4.63. The predicted molar refractivity (Wildman–Crippen MR) is 78.8 cm³/mol. The zero-order valence-corrected chi connectivity index (χ0v) is 11.9. The molecule has 3 rings (SSSR count). The highest BCUT2D eigenvalue weighted by Gasteiger charge is 2.38. The fourth-order valence-corrected chi connectivity index (χ4v) is 3.58. The molecular weight excluding hydrogens is 236 g/mol. The van der Waals surface area contributed by atoms with Gasteiger partial charge in [0.15, 0.2) is 0 Å². The molecule has 2 unspecified atom stereocenters. The van der Waals surface area contributed by atoms with Crippen LogP contribution in [0.3, 0.4) is 0 Å². The number of rotatable bonds is 4. The van der Waals surface area contributed by atoms with Gasteiger partial charge in [0, 0.05) is 23.8 Å². The summed E-state index contributed by atoms with van der Waals surface area (Å²) in [5.41, 5.74) is 1.22. The lowest BCUT2D eigenvalue weighted by Gasteiger charge is -2.37. The van der Waals surface area contributed by atoms with E-state index in [0.29, 0.717) is 6.04 Å². The highest BCUT2D eigenvalue weighted by molar-refractivity contribution is 5.47. The number of ether oxygens (including phenoxy) is 1. The Morgan fingerprint density at radius 2 is 1.79 bits per heavy atom. The molecule has 0 aliphatic carbocycles. The van der Waals surface area contributed by atoms with Crippen molar-refractivity contribution in [1.29, 1.82) is 0 Å². The van der Waals surface area contributed by atoms with Crippen LogP contribution in [0, 0.1) is 0 Å². The average molecular weight is 260 g/mol. The summed E-state index contributed by atoms with van der Waals surface area (Å²) in [5.74, 6) is 0.955. The van der Waals surface area contributed by atoms with Crippen LogP contribution in [-0.4, -0.2) is 36.7 Å². The molecule has 0 spiro atoms. The van der Waals surface area contributed by atoms with E-state index >= 15 is 0 Å². The van der Waals surface area contributed by atoms with Crippen molar-refractivity contribution < 1.29 is 4.74 Å². The summed E-state index contributed by atoms with van der Waals surface area (Å²) in [6.45, 7) is 2.74. The third kappa shape index (κ3) is 2.71. The summed E-state index contributed by atoms with van der Waals surface area (Å²) in [7, 11) is 2.29. The second-order valence-corrected chi connectivity index (χ2v) is 5.82. The van der Waals surface area contributed by atoms with Crippen molar-refractivity contribution in [2.75, 3.05) is 19.0 Å². The number of hydrogen-bond donors (Lipinski definition) is 1. The van der Waals surface area contributed by atoms with Crippen molar-refractivity contribution in [2.45, 2.75) is 50.7 Å². The number of nitrogens with one attached hydrogen (secondary N) is 1. The molecule has 0 radical (unpaired) electrons. The molecule has 0 saturated carbocycles. The standard InChI is InChI=1S/C16H24N2O/c1-3-19-16-8-4-12(5-9-16)17-13-10-14-6-7-15(11-13)18(14)2/h4-5,8-9,13-15,17H,3,6-7,10-11H2,1-2H3. The largest absolute Gasteiger partial charge is 0.494 e. The van der Waals surface area contributed by atoms with Gasteiger partial charge in [-0.25, -0.2) is 0 Å². The number of nitrogens with zero attached hydrogens (tertiary/aromatic N) is 1. The van der Waals surface area contributed by atoms with Gasteiger partial charge < -0.3 is 15.0 Å². The normalized spacial score (nSPS) is 30.3. The van der Waals surface area contributed by atoms with E-state index in [9.17, 15) is 0 Å².